The maximum atomic E-state index is 12.7. The summed E-state index contributed by atoms with van der Waals surface area (Å²) in [6.07, 6.45) is 7.78. The molecule has 2 aromatic carbocycles. The molecule has 2 N–H and O–H groups in total. The standard InChI is InChI=1S/C29H34N2O5/c1-3-9-24-27(15-14-23(21(2)32)28(24)33)36-19-18-35-26-13-5-4-12-25(26)29(34)31-17-7-6-10-22-11-8-16-30-20-22/h4-5,8,11-16,20,33H,3,6-7,9-10,17-19H2,1-2H3,(H,31,34). The van der Waals surface area contributed by atoms with E-state index in [1.165, 1.54) is 12.5 Å². The van der Waals surface area contributed by atoms with Crippen molar-refractivity contribution in [3.05, 3.63) is 83.2 Å². The van der Waals surface area contributed by atoms with Crippen LogP contribution in [-0.2, 0) is 12.8 Å². The van der Waals surface area contributed by atoms with Crippen LogP contribution in [-0.4, -0.2) is 41.5 Å². The van der Waals surface area contributed by atoms with Crippen LogP contribution in [0.2, 0.25) is 0 Å². The molecular formula is C29H34N2O5. The molecule has 0 atom stereocenters. The Bertz CT molecular complexity index is 1150. The van der Waals surface area contributed by atoms with Crippen LogP contribution in [0.25, 0.3) is 0 Å². The molecule has 1 aromatic heterocycles. The van der Waals surface area contributed by atoms with Crippen molar-refractivity contribution in [1.29, 1.82) is 0 Å². The molecule has 0 spiro atoms. The molecule has 0 aliphatic carbocycles. The quantitative estimate of drug-likeness (QED) is 0.240. The number of aromatic hydroxyl groups is 1. The van der Waals surface area contributed by atoms with Crippen molar-refractivity contribution in [2.45, 2.75) is 46.0 Å². The molecule has 1 amide bonds. The van der Waals surface area contributed by atoms with Crippen LogP contribution in [0.15, 0.2) is 60.9 Å². The number of aryl methyl sites for hydroxylation is 1. The number of Topliss-reactive ketones (excluding diaryl/α,β-unsaturated/α-hetero) is 1. The molecule has 0 saturated heterocycles. The zero-order chi connectivity index (χ0) is 25.8. The molecule has 0 unspecified atom stereocenters. The predicted molar refractivity (Wildman–Crippen MR) is 139 cm³/mol. The summed E-state index contributed by atoms with van der Waals surface area (Å²) >= 11 is 0. The molecule has 1 heterocycles. The van der Waals surface area contributed by atoms with Crippen molar-refractivity contribution in [3.8, 4) is 17.2 Å². The van der Waals surface area contributed by atoms with Crippen LogP contribution in [0.4, 0.5) is 0 Å². The number of rotatable bonds is 14. The van der Waals surface area contributed by atoms with Gasteiger partial charge in [-0.15, -0.1) is 0 Å². The Hall–Kier alpha value is -3.87. The van der Waals surface area contributed by atoms with Gasteiger partial charge in [-0.2, -0.15) is 0 Å². The topological polar surface area (TPSA) is 97.8 Å². The van der Waals surface area contributed by atoms with E-state index in [2.05, 4.69) is 16.4 Å². The second-order valence-electron chi connectivity index (χ2n) is 8.51. The van der Waals surface area contributed by atoms with Crippen molar-refractivity contribution in [2.24, 2.45) is 0 Å². The highest BCUT2D eigenvalue weighted by atomic mass is 16.5. The van der Waals surface area contributed by atoms with Gasteiger partial charge in [0.1, 0.15) is 30.5 Å². The van der Waals surface area contributed by atoms with E-state index in [9.17, 15) is 14.7 Å². The summed E-state index contributed by atoms with van der Waals surface area (Å²) < 4.78 is 11.7. The molecule has 7 heteroatoms. The number of ether oxygens (including phenoxy) is 2. The molecule has 7 nitrogen and oxygen atoms in total. The molecule has 3 aromatic rings. The highest BCUT2D eigenvalue weighted by molar-refractivity contribution is 5.97. The fourth-order valence-electron chi connectivity index (χ4n) is 3.91. The number of carbonyl (C=O) groups is 2. The number of hydrogen-bond acceptors (Lipinski definition) is 6. The first-order valence-corrected chi connectivity index (χ1v) is 12.4. The second-order valence-corrected chi connectivity index (χ2v) is 8.51. The Morgan fingerprint density at radius 3 is 2.42 bits per heavy atom. The summed E-state index contributed by atoms with van der Waals surface area (Å²) in [5, 5.41) is 13.4. The van der Waals surface area contributed by atoms with Gasteiger partial charge in [-0.05, 0) is 68.5 Å². The van der Waals surface area contributed by atoms with Crippen LogP contribution < -0.4 is 14.8 Å². The van der Waals surface area contributed by atoms with E-state index in [0.29, 0.717) is 41.2 Å². The third kappa shape index (κ3) is 7.57. The highest BCUT2D eigenvalue weighted by Crippen LogP contribution is 2.33. The molecule has 0 aliphatic rings. The van der Waals surface area contributed by atoms with Crippen LogP contribution in [0.5, 0.6) is 17.2 Å². The number of aromatic nitrogens is 1. The summed E-state index contributed by atoms with van der Waals surface area (Å²) in [4.78, 5) is 28.6. The number of benzene rings is 2. The Labute approximate surface area is 212 Å². The van der Waals surface area contributed by atoms with Crippen molar-refractivity contribution < 1.29 is 24.2 Å². The number of pyridine rings is 1. The first-order chi connectivity index (χ1) is 17.5. The molecule has 0 fully saturated rings. The number of phenols is 1. The van der Waals surface area contributed by atoms with Crippen LogP contribution in [0, 0.1) is 0 Å². The number of unbranched alkanes of at least 4 members (excludes halogenated alkanes) is 1. The largest absolute Gasteiger partial charge is 0.507 e. The van der Waals surface area contributed by atoms with Crippen molar-refractivity contribution in [3.63, 3.8) is 0 Å². The number of amides is 1. The Morgan fingerprint density at radius 2 is 1.69 bits per heavy atom. The zero-order valence-corrected chi connectivity index (χ0v) is 21.0. The van der Waals surface area contributed by atoms with E-state index in [-0.39, 0.29) is 30.7 Å². The SMILES string of the molecule is CCCc1c(OCCOc2ccccc2C(=O)NCCCCc2cccnc2)ccc(C(C)=O)c1O. The summed E-state index contributed by atoms with van der Waals surface area (Å²) in [7, 11) is 0. The minimum absolute atomic E-state index is 0.0229. The summed E-state index contributed by atoms with van der Waals surface area (Å²) in [6, 6.07) is 14.4. The van der Waals surface area contributed by atoms with Crippen molar-refractivity contribution >= 4 is 11.7 Å². The maximum absolute atomic E-state index is 12.7. The number of ketones is 1. The van der Waals surface area contributed by atoms with Gasteiger partial charge in [0.2, 0.25) is 0 Å². The van der Waals surface area contributed by atoms with Gasteiger partial charge in [0.15, 0.2) is 5.78 Å². The minimum atomic E-state index is -0.192. The summed E-state index contributed by atoms with van der Waals surface area (Å²) in [6.45, 7) is 4.44. The summed E-state index contributed by atoms with van der Waals surface area (Å²) in [5.74, 6) is 0.619. The highest BCUT2D eigenvalue weighted by Gasteiger charge is 2.16. The molecule has 0 saturated carbocycles. The fraction of sp³-hybridized carbons (Fsp3) is 0.345. The van der Waals surface area contributed by atoms with E-state index >= 15 is 0 Å². The van der Waals surface area contributed by atoms with Gasteiger partial charge >= 0.3 is 0 Å². The van der Waals surface area contributed by atoms with E-state index in [1.807, 2.05) is 25.3 Å². The molecule has 3 rings (SSSR count). The summed E-state index contributed by atoms with van der Waals surface area (Å²) in [5.41, 5.74) is 2.57. The van der Waals surface area contributed by atoms with Gasteiger partial charge in [-0.25, -0.2) is 0 Å². The maximum Gasteiger partial charge on any atom is 0.255 e. The number of phenolic OH excluding ortho intramolecular Hbond substituents is 1. The van der Waals surface area contributed by atoms with Crippen LogP contribution in [0.3, 0.4) is 0 Å². The lowest BCUT2D eigenvalue weighted by Gasteiger charge is -2.16. The monoisotopic (exact) mass is 490 g/mol. The Balaban J connectivity index is 1.49. The van der Waals surface area contributed by atoms with Gasteiger partial charge in [0.25, 0.3) is 5.91 Å². The Kier molecular flexibility index (Phi) is 10.3. The second kappa shape index (κ2) is 13.9. The van der Waals surface area contributed by atoms with Crippen molar-refractivity contribution in [2.75, 3.05) is 19.8 Å². The number of para-hydroxylation sites is 1. The van der Waals surface area contributed by atoms with Gasteiger partial charge in [-0.3, -0.25) is 14.6 Å². The average Bonchev–Trinajstić information content (AvgIpc) is 2.88. The molecule has 190 valence electrons. The molecule has 36 heavy (non-hydrogen) atoms. The lowest BCUT2D eigenvalue weighted by atomic mass is 10.0. The number of hydrogen-bond donors (Lipinski definition) is 2. The normalized spacial score (nSPS) is 10.6. The zero-order valence-electron chi connectivity index (χ0n) is 21.0. The van der Waals surface area contributed by atoms with Crippen LogP contribution >= 0.6 is 0 Å². The van der Waals surface area contributed by atoms with E-state index in [0.717, 1.165) is 25.7 Å². The van der Waals surface area contributed by atoms with Gasteiger partial charge in [0.05, 0.1) is 11.1 Å². The first kappa shape index (κ1) is 26.7. The average molecular weight is 491 g/mol. The predicted octanol–water partition coefficient (Wildman–Crippen LogP) is 5.15. The minimum Gasteiger partial charge on any atom is -0.507 e. The lowest BCUT2D eigenvalue weighted by molar-refractivity contribution is 0.0946. The Morgan fingerprint density at radius 1 is 0.917 bits per heavy atom. The third-order valence-electron chi connectivity index (χ3n) is 5.75. The van der Waals surface area contributed by atoms with E-state index in [1.54, 1.807) is 36.5 Å². The lowest BCUT2D eigenvalue weighted by Crippen LogP contribution is -2.25. The molecular weight excluding hydrogens is 456 g/mol. The molecule has 0 radical (unpaired) electrons. The molecule has 0 aliphatic heterocycles. The van der Waals surface area contributed by atoms with Gasteiger partial charge < -0.3 is 19.9 Å². The third-order valence-corrected chi connectivity index (χ3v) is 5.75. The van der Waals surface area contributed by atoms with Gasteiger partial charge in [-0.1, -0.05) is 31.5 Å². The van der Waals surface area contributed by atoms with Gasteiger partial charge in [0, 0.05) is 24.5 Å². The fourth-order valence-corrected chi connectivity index (χ4v) is 3.91. The van der Waals surface area contributed by atoms with E-state index in [4.69, 9.17) is 9.47 Å². The number of nitrogens with one attached hydrogen (secondary N) is 1. The number of carbonyl (C=O) groups excluding carboxylic acids is 2. The smallest absolute Gasteiger partial charge is 0.255 e. The van der Waals surface area contributed by atoms with E-state index < -0.39 is 0 Å². The number of nitrogens with zero attached hydrogens (tertiary/aromatic N) is 1. The van der Waals surface area contributed by atoms with Crippen LogP contribution in [0.1, 0.15) is 65.0 Å². The molecule has 0 bridgehead atoms. The first-order valence-electron chi connectivity index (χ1n) is 12.4. The van der Waals surface area contributed by atoms with Crippen molar-refractivity contribution in [1.82, 2.24) is 10.3 Å².